The molecule has 0 bridgehead atoms. The largest absolute Gasteiger partial charge is 0.379 e. The first-order valence-electron chi connectivity index (χ1n) is 10.3. The molecule has 3 atom stereocenters. The van der Waals surface area contributed by atoms with Crippen LogP contribution < -0.4 is 10.6 Å². The molecule has 2 N–H and O–H groups in total. The number of carbonyl (C=O) groups excluding carboxylic acids is 3. The van der Waals surface area contributed by atoms with Gasteiger partial charge < -0.3 is 15.4 Å². The second-order valence-corrected chi connectivity index (χ2v) is 9.64. The van der Waals surface area contributed by atoms with Gasteiger partial charge in [0.15, 0.2) is 0 Å². The molecule has 3 fully saturated rings. The number of hydrogen-bond donors (Lipinski definition) is 2. The van der Waals surface area contributed by atoms with Crippen molar-refractivity contribution in [3.8, 4) is 0 Å². The third-order valence-corrected chi connectivity index (χ3v) is 5.97. The number of rotatable bonds is 5. The topological polar surface area (TPSA) is 91.0 Å². The molecular weight excluding hydrogens is 360 g/mol. The summed E-state index contributed by atoms with van der Waals surface area (Å²) in [6.45, 7) is 11.9. The van der Waals surface area contributed by atoms with Crippen LogP contribution in [0.3, 0.4) is 0 Å². The quantitative estimate of drug-likeness (QED) is 0.678. The predicted molar refractivity (Wildman–Crippen MR) is 105 cm³/mol. The van der Waals surface area contributed by atoms with Crippen molar-refractivity contribution in [3.05, 3.63) is 0 Å². The van der Waals surface area contributed by atoms with Crippen LogP contribution in [0, 0.1) is 11.3 Å². The molecule has 158 valence electrons. The zero-order valence-electron chi connectivity index (χ0n) is 17.5. The summed E-state index contributed by atoms with van der Waals surface area (Å²) in [5.41, 5.74) is -0.885. The van der Waals surface area contributed by atoms with Gasteiger partial charge in [-0.3, -0.25) is 19.4 Å². The van der Waals surface area contributed by atoms with Gasteiger partial charge in [0.25, 0.3) is 5.91 Å². The van der Waals surface area contributed by atoms with Crippen molar-refractivity contribution in [1.29, 1.82) is 0 Å². The Hall–Kier alpha value is -1.67. The maximum atomic E-state index is 13.1. The Morgan fingerprint density at radius 1 is 1.29 bits per heavy atom. The summed E-state index contributed by atoms with van der Waals surface area (Å²) in [6.07, 6.45) is 2.27. The van der Waals surface area contributed by atoms with E-state index in [4.69, 9.17) is 4.74 Å². The van der Waals surface area contributed by atoms with Gasteiger partial charge in [-0.05, 0) is 37.5 Å². The van der Waals surface area contributed by atoms with Crippen LogP contribution in [0.15, 0.2) is 0 Å². The fourth-order valence-electron chi connectivity index (χ4n) is 5.33. The smallest absolute Gasteiger partial charge is 0.325 e. The van der Waals surface area contributed by atoms with E-state index in [0.717, 1.165) is 31.0 Å². The molecule has 2 saturated heterocycles. The van der Waals surface area contributed by atoms with Crippen LogP contribution in [0.4, 0.5) is 4.79 Å². The number of morpholine rings is 1. The third-order valence-electron chi connectivity index (χ3n) is 5.97. The van der Waals surface area contributed by atoms with Crippen molar-refractivity contribution in [3.63, 3.8) is 0 Å². The summed E-state index contributed by atoms with van der Waals surface area (Å²) in [5.74, 6) is -0.215. The first-order valence-corrected chi connectivity index (χ1v) is 10.3. The highest BCUT2D eigenvalue weighted by molar-refractivity contribution is 6.09. The fraction of sp³-hybridized carbons (Fsp3) is 0.850. The van der Waals surface area contributed by atoms with E-state index < -0.39 is 11.6 Å². The van der Waals surface area contributed by atoms with Gasteiger partial charge in [-0.2, -0.15) is 0 Å². The standard InChI is InChI=1S/C20H34N4O4/c1-14-9-19(3,4)13-20(10-14)17(26)24(18(27)22-20)12-16(25)21-15(2)11-23-5-7-28-8-6-23/h14-15H,5-13H2,1-4H3,(H,21,25)(H,22,27). The molecule has 0 aromatic rings. The Bertz CT molecular complexity index is 632. The molecule has 4 amide bonds. The van der Waals surface area contributed by atoms with E-state index in [9.17, 15) is 14.4 Å². The monoisotopic (exact) mass is 394 g/mol. The Morgan fingerprint density at radius 2 is 1.96 bits per heavy atom. The van der Waals surface area contributed by atoms with Crippen molar-refractivity contribution < 1.29 is 19.1 Å². The summed E-state index contributed by atoms with van der Waals surface area (Å²) in [5, 5.41) is 5.83. The Labute approximate surface area is 167 Å². The van der Waals surface area contributed by atoms with E-state index in [0.29, 0.717) is 32.0 Å². The maximum Gasteiger partial charge on any atom is 0.325 e. The number of nitrogens with one attached hydrogen (secondary N) is 2. The number of urea groups is 1. The average molecular weight is 395 g/mol. The minimum absolute atomic E-state index is 0.0223. The average Bonchev–Trinajstić information content (AvgIpc) is 2.77. The summed E-state index contributed by atoms with van der Waals surface area (Å²) in [4.78, 5) is 41.4. The van der Waals surface area contributed by atoms with Crippen molar-refractivity contribution in [1.82, 2.24) is 20.4 Å². The molecule has 1 spiro atoms. The number of hydrogen-bond acceptors (Lipinski definition) is 5. The summed E-state index contributed by atoms with van der Waals surface area (Å²) < 4.78 is 5.33. The van der Waals surface area contributed by atoms with Gasteiger partial charge in [0.05, 0.1) is 13.2 Å². The second-order valence-electron chi connectivity index (χ2n) is 9.64. The summed E-state index contributed by atoms with van der Waals surface area (Å²) in [7, 11) is 0. The molecule has 0 radical (unpaired) electrons. The fourth-order valence-corrected chi connectivity index (χ4v) is 5.33. The molecule has 2 heterocycles. The van der Waals surface area contributed by atoms with Crippen molar-refractivity contribution in [2.24, 2.45) is 11.3 Å². The van der Waals surface area contributed by atoms with Crippen LogP contribution in [0.2, 0.25) is 0 Å². The zero-order chi connectivity index (χ0) is 20.5. The van der Waals surface area contributed by atoms with E-state index in [2.05, 4.69) is 36.3 Å². The van der Waals surface area contributed by atoms with Crippen LogP contribution in [0.25, 0.3) is 0 Å². The van der Waals surface area contributed by atoms with Crippen molar-refractivity contribution in [2.45, 2.75) is 58.5 Å². The van der Waals surface area contributed by atoms with Crippen LogP contribution >= 0.6 is 0 Å². The van der Waals surface area contributed by atoms with Crippen molar-refractivity contribution >= 4 is 17.8 Å². The zero-order valence-corrected chi connectivity index (χ0v) is 17.5. The van der Waals surface area contributed by atoms with Gasteiger partial charge in [-0.15, -0.1) is 0 Å². The number of carbonyl (C=O) groups is 3. The molecule has 0 aromatic heterocycles. The minimum atomic E-state index is -0.863. The minimum Gasteiger partial charge on any atom is -0.379 e. The molecule has 2 aliphatic heterocycles. The van der Waals surface area contributed by atoms with Gasteiger partial charge in [-0.25, -0.2) is 4.79 Å². The molecule has 3 aliphatic rings. The van der Waals surface area contributed by atoms with E-state index in [1.54, 1.807) is 0 Å². The van der Waals surface area contributed by atoms with Gasteiger partial charge in [0.2, 0.25) is 5.91 Å². The Kier molecular flexibility index (Phi) is 6.00. The van der Waals surface area contributed by atoms with E-state index in [-0.39, 0.29) is 29.8 Å². The highest BCUT2D eigenvalue weighted by Crippen LogP contribution is 2.46. The number of imide groups is 1. The molecule has 1 saturated carbocycles. The molecule has 3 unspecified atom stereocenters. The summed E-state index contributed by atoms with van der Waals surface area (Å²) >= 11 is 0. The highest BCUT2D eigenvalue weighted by Gasteiger charge is 2.56. The van der Waals surface area contributed by atoms with E-state index in [1.165, 1.54) is 0 Å². The van der Waals surface area contributed by atoms with Crippen LogP contribution in [0.1, 0.15) is 47.0 Å². The van der Waals surface area contributed by atoms with Gasteiger partial charge in [0.1, 0.15) is 12.1 Å². The lowest BCUT2D eigenvalue weighted by Gasteiger charge is -2.43. The number of nitrogens with zero attached hydrogens (tertiary/aromatic N) is 2. The Morgan fingerprint density at radius 3 is 2.61 bits per heavy atom. The number of ether oxygens (including phenoxy) is 1. The van der Waals surface area contributed by atoms with Gasteiger partial charge >= 0.3 is 6.03 Å². The third kappa shape index (κ3) is 4.66. The second kappa shape index (κ2) is 7.99. The van der Waals surface area contributed by atoms with Gasteiger partial charge in [-0.1, -0.05) is 20.8 Å². The highest BCUT2D eigenvalue weighted by atomic mass is 16.5. The normalized spacial score (nSPS) is 31.7. The number of amides is 4. The van der Waals surface area contributed by atoms with Crippen LogP contribution in [-0.2, 0) is 14.3 Å². The van der Waals surface area contributed by atoms with Gasteiger partial charge in [0, 0.05) is 25.7 Å². The molecule has 8 heteroatoms. The van der Waals surface area contributed by atoms with Crippen molar-refractivity contribution in [2.75, 3.05) is 39.4 Å². The molecule has 8 nitrogen and oxygen atoms in total. The van der Waals surface area contributed by atoms with E-state index in [1.807, 2.05) is 6.92 Å². The van der Waals surface area contributed by atoms with Crippen LogP contribution in [0.5, 0.6) is 0 Å². The molecule has 28 heavy (non-hydrogen) atoms. The lowest BCUT2D eigenvalue weighted by atomic mass is 9.64. The first-order chi connectivity index (χ1) is 13.1. The molecular formula is C20H34N4O4. The molecule has 1 aliphatic carbocycles. The lowest BCUT2D eigenvalue weighted by molar-refractivity contribution is -0.137. The van der Waals surface area contributed by atoms with Crippen LogP contribution in [-0.4, -0.2) is 78.6 Å². The lowest BCUT2D eigenvalue weighted by Crippen LogP contribution is -2.54. The summed E-state index contributed by atoms with van der Waals surface area (Å²) in [6, 6.07) is -0.514. The molecule has 3 rings (SSSR count). The first kappa shape index (κ1) is 21.0. The predicted octanol–water partition coefficient (Wildman–Crippen LogP) is 0.960. The maximum absolute atomic E-state index is 13.1. The van der Waals surface area contributed by atoms with E-state index >= 15 is 0 Å². The Balaban J connectivity index is 1.57. The SMILES string of the molecule is CC1CC(C)(C)CC2(C1)NC(=O)N(CC(=O)NC(C)CN1CCOCC1)C2=O. The molecule has 0 aromatic carbocycles.